The van der Waals surface area contributed by atoms with Gasteiger partial charge in [0, 0.05) is 18.6 Å². The van der Waals surface area contributed by atoms with Crippen molar-refractivity contribution in [1.82, 2.24) is 5.32 Å². The lowest BCUT2D eigenvalue weighted by Crippen LogP contribution is -2.43. The summed E-state index contributed by atoms with van der Waals surface area (Å²) in [5.41, 5.74) is 0. The second kappa shape index (κ2) is 8.93. The third kappa shape index (κ3) is 4.97. The molecular formula is C15H31NO. The zero-order valence-corrected chi connectivity index (χ0v) is 12.0. The van der Waals surface area contributed by atoms with Gasteiger partial charge in [-0.15, -0.1) is 0 Å². The van der Waals surface area contributed by atoms with Gasteiger partial charge >= 0.3 is 0 Å². The van der Waals surface area contributed by atoms with Crippen molar-refractivity contribution in [2.45, 2.75) is 65.3 Å². The van der Waals surface area contributed by atoms with Crippen molar-refractivity contribution >= 4 is 0 Å². The smallest absolute Gasteiger partial charge is 0.0510 e. The Morgan fingerprint density at radius 1 is 1.24 bits per heavy atom. The molecule has 2 nitrogen and oxygen atoms in total. The Kier molecular flexibility index (Phi) is 7.87. The van der Waals surface area contributed by atoms with Crippen LogP contribution in [-0.2, 0) is 4.74 Å². The van der Waals surface area contributed by atoms with Gasteiger partial charge in [0.2, 0.25) is 0 Å². The minimum Gasteiger partial charge on any atom is -0.381 e. The van der Waals surface area contributed by atoms with E-state index in [9.17, 15) is 0 Å². The zero-order valence-electron chi connectivity index (χ0n) is 12.0. The normalized spacial score (nSPS) is 23.8. The van der Waals surface area contributed by atoms with E-state index >= 15 is 0 Å². The number of nitrogens with one attached hydrogen (secondary N) is 1. The van der Waals surface area contributed by atoms with Crippen LogP contribution < -0.4 is 5.32 Å². The van der Waals surface area contributed by atoms with Crippen LogP contribution >= 0.6 is 0 Å². The molecule has 102 valence electrons. The topological polar surface area (TPSA) is 21.3 Å². The lowest BCUT2D eigenvalue weighted by molar-refractivity contribution is 0.160. The number of hydrogen-bond acceptors (Lipinski definition) is 2. The van der Waals surface area contributed by atoms with Crippen LogP contribution in [0.1, 0.15) is 59.3 Å². The lowest BCUT2D eigenvalue weighted by atomic mass is 9.83. The summed E-state index contributed by atoms with van der Waals surface area (Å²) in [7, 11) is 0. The van der Waals surface area contributed by atoms with E-state index in [2.05, 4.69) is 26.1 Å². The average molecular weight is 241 g/mol. The number of ether oxygens (including phenoxy) is 1. The third-order valence-corrected chi connectivity index (χ3v) is 4.06. The van der Waals surface area contributed by atoms with E-state index in [0.717, 1.165) is 31.6 Å². The highest BCUT2D eigenvalue weighted by Crippen LogP contribution is 2.27. The maximum atomic E-state index is 5.58. The first kappa shape index (κ1) is 15.0. The molecule has 0 spiro atoms. The van der Waals surface area contributed by atoms with Crippen LogP contribution in [0.4, 0.5) is 0 Å². The fourth-order valence-electron chi connectivity index (χ4n) is 2.97. The molecular weight excluding hydrogens is 210 g/mol. The SMILES string of the molecule is CCCCC(CC)C(NCCC)C1CCOC1. The molecule has 1 N–H and O–H groups in total. The van der Waals surface area contributed by atoms with Crippen LogP contribution in [0.5, 0.6) is 0 Å². The molecule has 3 atom stereocenters. The Bertz CT molecular complexity index is 178. The summed E-state index contributed by atoms with van der Waals surface area (Å²) in [6, 6.07) is 0.689. The molecule has 1 fully saturated rings. The van der Waals surface area contributed by atoms with Crippen molar-refractivity contribution in [3.63, 3.8) is 0 Å². The van der Waals surface area contributed by atoms with Gasteiger partial charge in [-0.2, -0.15) is 0 Å². The summed E-state index contributed by atoms with van der Waals surface area (Å²) < 4.78 is 5.58. The highest BCUT2D eigenvalue weighted by molar-refractivity contribution is 4.84. The number of rotatable bonds is 9. The second-order valence-electron chi connectivity index (χ2n) is 5.41. The standard InChI is InChI=1S/C15H31NO/c1-4-7-8-13(6-3)15(16-10-5-2)14-9-11-17-12-14/h13-16H,4-12H2,1-3H3. The van der Waals surface area contributed by atoms with Crippen LogP contribution in [0, 0.1) is 11.8 Å². The first-order chi connectivity index (χ1) is 8.33. The van der Waals surface area contributed by atoms with Gasteiger partial charge in [-0.05, 0) is 31.7 Å². The van der Waals surface area contributed by atoms with E-state index in [1.54, 1.807) is 0 Å². The minimum atomic E-state index is 0.689. The molecule has 0 radical (unpaired) electrons. The summed E-state index contributed by atoms with van der Waals surface area (Å²) >= 11 is 0. The van der Waals surface area contributed by atoms with Gasteiger partial charge in [0.15, 0.2) is 0 Å². The summed E-state index contributed by atoms with van der Waals surface area (Å²) in [4.78, 5) is 0. The Hall–Kier alpha value is -0.0800. The molecule has 1 aliphatic rings. The predicted molar refractivity (Wildman–Crippen MR) is 74.3 cm³/mol. The lowest BCUT2D eigenvalue weighted by Gasteiger charge is -2.31. The van der Waals surface area contributed by atoms with Crippen LogP contribution in [0.2, 0.25) is 0 Å². The molecule has 0 aromatic rings. The Morgan fingerprint density at radius 2 is 2.06 bits per heavy atom. The molecule has 0 saturated carbocycles. The summed E-state index contributed by atoms with van der Waals surface area (Å²) in [6.45, 7) is 9.99. The first-order valence-electron chi connectivity index (χ1n) is 7.64. The van der Waals surface area contributed by atoms with Crippen LogP contribution in [0.25, 0.3) is 0 Å². The molecule has 3 unspecified atom stereocenters. The Balaban J connectivity index is 2.50. The fourth-order valence-corrected chi connectivity index (χ4v) is 2.97. The zero-order chi connectivity index (χ0) is 12.5. The summed E-state index contributed by atoms with van der Waals surface area (Å²) in [5.74, 6) is 1.59. The second-order valence-corrected chi connectivity index (χ2v) is 5.41. The summed E-state index contributed by atoms with van der Waals surface area (Å²) in [5, 5.41) is 3.79. The van der Waals surface area contributed by atoms with Gasteiger partial charge in [-0.25, -0.2) is 0 Å². The molecule has 0 amide bonds. The van der Waals surface area contributed by atoms with Gasteiger partial charge in [0.25, 0.3) is 0 Å². The van der Waals surface area contributed by atoms with E-state index in [-0.39, 0.29) is 0 Å². The Morgan fingerprint density at radius 3 is 2.59 bits per heavy atom. The van der Waals surface area contributed by atoms with Crippen LogP contribution in [0.15, 0.2) is 0 Å². The van der Waals surface area contributed by atoms with Crippen molar-refractivity contribution in [3.8, 4) is 0 Å². The molecule has 1 rings (SSSR count). The molecule has 0 bridgehead atoms. The molecule has 17 heavy (non-hydrogen) atoms. The van der Waals surface area contributed by atoms with Crippen molar-refractivity contribution in [2.24, 2.45) is 11.8 Å². The highest BCUT2D eigenvalue weighted by atomic mass is 16.5. The third-order valence-electron chi connectivity index (χ3n) is 4.06. The monoisotopic (exact) mass is 241 g/mol. The van der Waals surface area contributed by atoms with Crippen molar-refractivity contribution in [1.29, 1.82) is 0 Å². The molecule has 1 aliphatic heterocycles. The maximum absolute atomic E-state index is 5.58. The van der Waals surface area contributed by atoms with Crippen molar-refractivity contribution in [3.05, 3.63) is 0 Å². The number of hydrogen-bond donors (Lipinski definition) is 1. The first-order valence-corrected chi connectivity index (χ1v) is 7.64. The van der Waals surface area contributed by atoms with Crippen LogP contribution in [-0.4, -0.2) is 25.8 Å². The Labute approximate surface area is 108 Å². The van der Waals surface area contributed by atoms with E-state index in [0.29, 0.717) is 6.04 Å². The van der Waals surface area contributed by atoms with Crippen molar-refractivity contribution < 1.29 is 4.74 Å². The molecule has 0 aromatic heterocycles. The van der Waals surface area contributed by atoms with Gasteiger partial charge in [-0.3, -0.25) is 0 Å². The van der Waals surface area contributed by atoms with E-state index in [4.69, 9.17) is 4.74 Å². The predicted octanol–water partition coefficient (Wildman–Crippen LogP) is 3.61. The maximum Gasteiger partial charge on any atom is 0.0510 e. The minimum absolute atomic E-state index is 0.689. The van der Waals surface area contributed by atoms with Gasteiger partial charge in [0.05, 0.1) is 6.61 Å². The molecule has 0 aromatic carbocycles. The fraction of sp³-hybridized carbons (Fsp3) is 1.00. The quantitative estimate of drug-likeness (QED) is 0.666. The molecule has 2 heteroatoms. The molecule has 1 heterocycles. The van der Waals surface area contributed by atoms with E-state index < -0.39 is 0 Å². The van der Waals surface area contributed by atoms with Gasteiger partial charge in [-0.1, -0.05) is 40.0 Å². The van der Waals surface area contributed by atoms with E-state index in [1.807, 2.05) is 0 Å². The molecule has 0 aliphatic carbocycles. The van der Waals surface area contributed by atoms with E-state index in [1.165, 1.54) is 38.5 Å². The number of unbranched alkanes of at least 4 members (excludes halogenated alkanes) is 1. The largest absolute Gasteiger partial charge is 0.381 e. The van der Waals surface area contributed by atoms with Gasteiger partial charge in [0.1, 0.15) is 0 Å². The molecule has 1 saturated heterocycles. The van der Waals surface area contributed by atoms with Crippen LogP contribution in [0.3, 0.4) is 0 Å². The average Bonchev–Trinajstić information content (AvgIpc) is 2.87. The summed E-state index contributed by atoms with van der Waals surface area (Å²) in [6.07, 6.45) is 7.86. The van der Waals surface area contributed by atoms with Gasteiger partial charge < -0.3 is 10.1 Å². The van der Waals surface area contributed by atoms with Crippen molar-refractivity contribution in [2.75, 3.05) is 19.8 Å². The highest BCUT2D eigenvalue weighted by Gasteiger charge is 2.30.